The van der Waals surface area contributed by atoms with Crippen LogP contribution in [0.1, 0.15) is 55.0 Å². The van der Waals surface area contributed by atoms with E-state index in [-0.39, 0.29) is 5.56 Å². The zero-order valence-electron chi connectivity index (χ0n) is 11.2. The Morgan fingerprint density at radius 1 is 1.61 bits per heavy atom. The van der Waals surface area contributed by atoms with Crippen molar-refractivity contribution < 1.29 is 14.3 Å². The molecule has 1 aliphatic carbocycles. The number of aryl methyl sites for hydroxylation is 1. The molecule has 0 radical (unpaired) electrons. The van der Waals surface area contributed by atoms with Crippen molar-refractivity contribution in [3.63, 3.8) is 0 Å². The van der Waals surface area contributed by atoms with Gasteiger partial charge in [-0.2, -0.15) is 0 Å². The molecule has 0 aromatic carbocycles. The molecule has 0 bridgehead atoms. The topological polar surface area (TPSA) is 62.5 Å². The molecule has 100 valence electrons. The normalized spacial score (nSPS) is 22.3. The van der Waals surface area contributed by atoms with Gasteiger partial charge in [-0.3, -0.25) is 0 Å². The molecular weight excluding hydrogens is 230 g/mol. The minimum atomic E-state index is -0.926. The van der Waals surface area contributed by atoms with Crippen molar-refractivity contribution in [1.29, 1.82) is 0 Å². The van der Waals surface area contributed by atoms with Gasteiger partial charge >= 0.3 is 5.97 Å². The Morgan fingerprint density at radius 3 is 2.83 bits per heavy atom. The number of furan rings is 1. The summed E-state index contributed by atoms with van der Waals surface area (Å²) in [7, 11) is 0. The van der Waals surface area contributed by atoms with E-state index in [1.54, 1.807) is 13.0 Å². The predicted octanol–water partition coefficient (Wildman–Crippen LogP) is 2.95. The van der Waals surface area contributed by atoms with Gasteiger partial charge in [0.2, 0.25) is 0 Å². The highest BCUT2D eigenvalue weighted by molar-refractivity contribution is 5.88. The van der Waals surface area contributed by atoms with Crippen molar-refractivity contribution in [3.05, 3.63) is 23.2 Å². The van der Waals surface area contributed by atoms with Crippen LogP contribution in [-0.4, -0.2) is 17.1 Å². The summed E-state index contributed by atoms with van der Waals surface area (Å²) in [5, 5.41) is 12.4. The second-order valence-corrected chi connectivity index (χ2v) is 5.97. The first-order valence-corrected chi connectivity index (χ1v) is 6.43. The third kappa shape index (κ3) is 2.93. The van der Waals surface area contributed by atoms with Crippen LogP contribution in [0.25, 0.3) is 0 Å². The molecule has 0 spiro atoms. The molecule has 1 aromatic rings. The number of nitrogens with one attached hydrogen (secondary N) is 1. The average Bonchev–Trinajstić information content (AvgIpc) is 2.79. The number of carboxylic acid groups (broad SMARTS) is 1. The van der Waals surface area contributed by atoms with Gasteiger partial charge in [0.05, 0.1) is 6.54 Å². The Kier molecular flexibility index (Phi) is 3.48. The van der Waals surface area contributed by atoms with Gasteiger partial charge in [0.1, 0.15) is 17.1 Å². The van der Waals surface area contributed by atoms with Crippen molar-refractivity contribution in [3.8, 4) is 0 Å². The van der Waals surface area contributed by atoms with Crippen LogP contribution in [0, 0.1) is 12.3 Å². The Morgan fingerprint density at radius 2 is 2.33 bits per heavy atom. The van der Waals surface area contributed by atoms with Gasteiger partial charge < -0.3 is 14.8 Å². The van der Waals surface area contributed by atoms with Crippen LogP contribution in [0.4, 0.5) is 0 Å². The van der Waals surface area contributed by atoms with E-state index < -0.39 is 5.97 Å². The molecule has 1 atom stereocenters. The number of rotatable bonds is 4. The monoisotopic (exact) mass is 251 g/mol. The highest BCUT2D eigenvalue weighted by Crippen LogP contribution is 2.37. The smallest absolute Gasteiger partial charge is 0.339 e. The lowest BCUT2D eigenvalue weighted by Crippen LogP contribution is -2.26. The molecule has 1 fully saturated rings. The summed E-state index contributed by atoms with van der Waals surface area (Å²) in [5.74, 6) is 0.255. The molecular formula is C14H21NO3. The van der Waals surface area contributed by atoms with Crippen LogP contribution in [0.2, 0.25) is 0 Å². The Hall–Kier alpha value is -1.29. The number of hydrogen-bond donors (Lipinski definition) is 2. The highest BCUT2D eigenvalue weighted by atomic mass is 16.4. The lowest BCUT2D eigenvalue weighted by Gasteiger charge is -2.17. The molecule has 2 rings (SSSR count). The maximum atomic E-state index is 10.9. The maximum Gasteiger partial charge on any atom is 0.339 e. The van der Waals surface area contributed by atoms with Crippen LogP contribution in [0.15, 0.2) is 10.5 Å². The van der Waals surface area contributed by atoms with Gasteiger partial charge in [0.15, 0.2) is 0 Å². The lowest BCUT2D eigenvalue weighted by atomic mass is 9.92. The number of carboxylic acids is 1. The summed E-state index contributed by atoms with van der Waals surface area (Å²) in [6.07, 6.45) is 3.58. The molecule has 0 aliphatic heterocycles. The Bertz CT molecular complexity index is 448. The van der Waals surface area contributed by atoms with Gasteiger partial charge in [0, 0.05) is 6.04 Å². The van der Waals surface area contributed by atoms with Gasteiger partial charge in [0.25, 0.3) is 0 Å². The van der Waals surface area contributed by atoms with Crippen LogP contribution in [0.5, 0.6) is 0 Å². The standard InChI is InChI=1S/C14H21NO3/c1-9-12(13(16)17)6-11(18-9)8-15-10-4-5-14(2,3)7-10/h6,10,15H,4-5,7-8H2,1-3H3,(H,16,17). The predicted molar refractivity (Wildman–Crippen MR) is 68.7 cm³/mol. The SMILES string of the molecule is Cc1oc(CNC2CCC(C)(C)C2)cc1C(=O)O. The zero-order chi connectivity index (χ0) is 13.3. The molecule has 1 unspecified atom stereocenters. The van der Waals surface area contributed by atoms with Crippen LogP contribution in [-0.2, 0) is 6.54 Å². The molecule has 4 nitrogen and oxygen atoms in total. The van der Waals surface area contributed by atoms with E-state index in [0.29, 0.717) is 29.5 Å². The number of aromatic carboxylic acids is 1. The van der Waals surface area contributed by atoms with E-state index in [1.807, 2.05) is 0 Å². The number of hydrogen-bond acceptors (Lipinski definition) is 3. The van der Waals surface area contributed by atoms with Crippen molar-refractivity contribution >= 4 is 5.97 Å². The van der Waals surface area contributed by atoms with Crippen molar-refractivity contribution in [2.24, 2.45) is 5.41 Å². The summed E-state index contributed by atoms with van der Waals surface area (Å²) < 4.78 is 5.44. The molecule has 4 heteroatoms. The molecule has 0 amide bonds. The molecule has 1 heterocycles. The first-order chi connectivity index (χ1) is 8.37. The largest absolute Gasteiger partial charge is 0.478 e. The van der Waals surface area contributed by atoms with E-state index in [2.05, 4.69) is 19.2 Å². The van der Waals surface area contributed by atoms with Gasteiger partial charge in [-0.1, -0.05) is 13.8 Å². The van der Waals surface area contributed by atoms with Gasteiger partial charge in [-0.05, 0) is 37.7 Å². The average molecular weight is 251 g/mol. The third-order valence-corrected chi connectivity index (χ3v) is 3.73. The Balaban J connectivity index is 1.91. The van der Waals surface area contributed by atoms with Crippen molar-refractivity contribution in [2.45, 2.75) is 52.6 Å². The summed E-state index contributed by atoms with van der Waals surface area (Å²) in [4.78, 5) is 10.9. The minimum absolute atomic E-state index is 0.263. The van der Waals surface area contributed by atoms with Gasteiger partial charge in [-0.15, -0.1) is 0 Å². The van der Waals surface area contributed by atoms with Crippen LogP contribution >= 0.6 is 0 Å². The third-order valence-electron chi connectivity index (χ3n) is 3.73. The summed E-state index contributed by atoms with van der Waals surface area (Å²) in [6, 6.07) is 2.13. The maximum absolute atomic E-state index is 10.9. The zero-order valence-corrected chi connectivity index (χ0v) is 11.2. The number of carbonyl (C=O) groups is 1. The minimum Gasteiger partial charge on any atom is -0.478 e. The quantitative estimate of drug-likeness (QED) is 0.863. The first-order valence-electron chi connectivity index (χ1n) is 6.43. The van der Waals surface area contributed by atoms with Gasteiger partial charge in [-0.25, -0.2) is 4.79 Å². The molecule has 2 N–H and O–H groups in total. The van der Waals surface area contributed by atoms with E-state index in [1.165, 1.54) is 19.3 Å². The van der Waals surface area contributed by atoms with E-state index >= 15 is 0 Å². The molecule has 18 heavy (non-hydrogen) atoms. The summed E-state index contributed by atoms with van der Waals surface area (Å²) in [6.45, 7) is 6.86. The summed E-state index contributed by atoms with van der Waals surface area (Å²) >= 11 is 0. The molecule has 1 aromatic heterocycles. The van der Waals surface area contributed by atoms with Crippen LogP contribution in [0.3, 0.4) is 0 Å². The van der Waals surface area contributed by atoms with Crippen LogP contribution < -0.4 is 5.32 Å². The van der Waals surface area contributed by atoms with Crippen molar-refractivity contribution in [1.82, 2.24) is 5.32 Å². The summed E-state index contributed by atoms with van der Waals surface area (Å²) in [5.41, 5.74) is 0.682. The second kappa shape index (κ2) is 4.76. The Labute approximate surface area is 107 Å². The first kappa shape index (κ1) is 13.1. The molecule has 0 saturated heterocycles. The second-order valence-electron chi connectivity index (χ2n) is 5.97. The fourth-order valence-corrected chi connectivity index (χ4v) is 2.70. The van der Waals surface area contributed by atoms with E-state index in [0.717, 1.165) is 0 Å². The van der Waals surface area contributed by atoms with E-state index in [4.69, 9.17) is 9.52 Å². The molecule has 1 saturated carbocycles. The van der Waals surface area contributed by atoms with E-state index in [9.17, 15) is 4.79 Å². The fourth-order valence-electron chi connectivity index (χ4n) is 2.70. The fraction of sp³-hybridized carbons (Fsp3) is 0.643. The van der Waals surface area contributed by atoms with Crippen molar-refractivity contribution in [2.75, 3.05) is 0 Å². The lowest BCUT2D eigenvalue weighted by molar-refractivity contribution is 0.0695. The highest BCUT2D eigenvalue weighted by Gasteiger charge is 2.30. The molecule has 1 aliphatic rings.